The van der Waals surface area contributed by atoms with Crippen molar-refractivity contribution in [2.75, 3.05) is 13.1 Å². The lowest BCUT2D eigenvalue weighted by Crippen LogP contribution is -2.42. The molecule has 4 heteroatoms. The molecule has 0 bridgehead atoms. The first-order valence-electron chi connectivity index (χ1n) is 5.00. The van der Waals surface area contributed by atoms with Gasteiger partial charge in [-0.15, -0.1) is 0 Å². The predicted molar refractivity (Wildman–Crippen MR) is 51.9 cm³/mol. The van der Waals surface area contributed by atoms with Gasteiger partial charge in [0.25, 0.3) is 0 Å². The highest BCUT2D eigenvalue weighted by atomic mass is 19.1. The Morgan fingerprint density at radius 2 is 1.86 bits per heavy atom. The van der Waals surface area contributed by atoms with Gasteiger partial charge in [0.05, 0.1) is 0 Å². The molecule has 0 saturated carbocycles. The Kier molecular flexibility index (Phi) is 3.34. The second-order valence-electron chi connectivity index (χ2n) is 4.64. The molecule has 0 spiro atoms. The van der Waals surface area contributed by atoms with Gasteiger partial charge in [0.1, 0.15) is 11.8 Å². The maximum Gasteiger partial charge on any atom is 0.410 e. The zero-order valence-corrected chi connectivity index (χ0v) is 9.05. The average Bonchev–Trinajstić information content (AvgIpc) is 2.02. The van der Waals surface area contributed by atoms with Gasteiger partial charge in [-0.25, -0.2) is 9.18 Å². The molecule has 3 nitrogen and oxygen atoms in total. The van der Waals surface area contributed by atoms with Crippen molar-refractivity contribution in [3.63, 3.8) is 0 Å². The van der Waals surface area contributed by atoms with Crippen molar-refractivity contribution in [3.8, 4) is 0 Å². The molecule has 1 aliphatic rings. The van der Waals surface area contributed by atoms with Crippen LogP contribution in [0.15, 0.2) is 0 Å². The third kappa shape index (κ3) is 3.52. The number of carbonyl (C=O) groups is 1. The molecule has 0 aliphatic carbocycles. The van der Waals surface area contributed by atoms with Crippen LogP contribution in [0.4, 0.5) is 9.18 Å². The molecule has 0 atom stereocenters. The van der Waals surface area contributed by atoms with Crippen molar-refractivity contribution in [1.29, 1.82) is 0 Å². The number of carbonyl (C=O) groups excluding carboxylic acids is 1. The van der Waals surface area contributed by atoms with Gasteiger partial charge in [-0.1, -0.05) is 0 Å². The summed E-state index contributed by atoms with van der Waals surface area (Å²) >= 11 is 0. The normalized spacial score (nSPS) is 19.6. The number of halogens is 1. The van der Waals surface area contributed by atoms with Gasteiger partial charge < -0.3 is 9.64 Å². The van der Waals surface area contributed by atoms with E-state index >= 15 is 0 Å². The van der Waals surface area contributed by atoms with Crippen LogP contribution >= 0.6 is 0 Å². The first-order valence-corrected chi connectivity index (χ1v) is 5.00. The lowest BCUT2D eigenvalue weighted by molar-refractivity contribution is 0.0168. The molecule has 0 aromatic heterocycles. The molecule has 1 fully saturated rings. The summed E-state index contributed by atoms with van der Waals surface area (Å²) in [6, 6.07) is 0. The summed E-state index contributed by atoms with van der Waals surface area (Å²) in [6.07, 6.45) is -0.225. The maximum atomic E-state index is 12.8. The highest BCUT2D eigenvalue weighted by Gasteiger charge is 2.26. The van der Waals surface area contributed by atoms with Gasteiger partial charge in [-0.05, 0) is 33.6 Å². The summed E-state index contributed by atoms with van der Waals surface area (Å²) in [6.45, 7) is 6.42. The standard InChI is InChI=1S/C10H18FNO2/c1-10(2,3)14-9(13)12-6-4-8(11)5-7-12/h8H,4-7H2,1-3H3. The molecule has 1 saturated heterocycles. The number of amides is 1. The van der Waals surface area contributed by atoms with Crippen LogP contribution in [-0.4, -0.2) is 35.9 Å². The topological polar surface area (TPSA) is 29.5 Å². The van der Waals surface area contributed by atoms with E-state index < -0.39 is 11.8 Å². The Labute approximate surface area is 84.2 Å². The third-order valence-electron chi connectivity index (χ3n) is 2.08. The molecule has 0 aromatic rings. The molecular formula is C10H18FNO2. The average molecular weight is 203 g/mol. The molecule has 0 radical (unpaired) electrons. The van der Waals surface area contributed by atoms with E-state index in [0.717, 1.165) is 0 Å². The van der Waals surface area contributed by atoms with Gasteiger partial charge >= 0.3 is 6.09 Å². The van der Waals surface area contributed by atoms with Crippen molar-refractivity contribution in [1.82, 2.24) is 4.90 Å². The quantitative estimate of drug-likeness (QED) is 0.605. The number of ether oxygens (including phenoxy) is 1. The van der Waals surface area contributed by atoms with Crippen LogP contribution in [0.25, 0.3) is 0 Å². The molecule has 1 rings (SSSR count). The summed E-state index contributed by atoms with van der Waals surface area (Å²) in [5.41, 5.74) is -0.469. The Balaban J connectivity index is 2.38. The Bertz CT molecular complexity index is 205. The summed E-state index contributed by atoms with van der Waals surface area (Å²) in [4.78, 5) is 13.1. The van der Waals surface area contributed by atoms with Gasteiger partial charge in [-0.3, -0.25) is 0 Å². The highest BCUT2D eigenvalue weighted by Crippen LogP contribution is 2.16. The van der Waals surface area contributed by atoms with Crippen LogP contribution in [0.3, 0.4) is 0 Å². The molecule has 0 aromatic carbocycles. The number of hydrogen-bond donors (Lipinski definition) is 0. The molecule has 14 heavy (non-hydrogen) atoms. The van der Waals surface area contributed by atoms with Crippen LogP contribution in [0, 0.1) is 0 Å². The number of rotatable bonds is 0. The van der Waals surface area contributed by atoms with Crippen molar-refractivity contribution in [3.05, 3.63) is 0 Å². The minimum Gasteiger partial charge on any atom is -0.444 e. The van der Waals surface area contributed by atoms with Gasteiger partial charge in [0.2, 0.25) is 0 Å². The molecule has 0 unspecified atom stereocenters. The molecule has 82 valence electrons. The van der Waals surface area contributed by atoms with Gasteiger partial charge in [0.15, 0.2) is 0 Å². The number of hydrogen-bond acceptors (Lipinski definition) is 2. The second-order valence-corrected chi connectivity index (χ2v) is 4.64. The number of piperidine rings is 1. The summed E-state index contributed by atoms with van der Waals surface area (Å²) in [7, 11) is 0. The van der Waals surface area contributed by atoms with Gasteiger partial charge in [-0.2, -0.15) is 0 Å². The third-order valence-corrected chi connectivity index (χ3v) is 2.08. The van der Waals surface area contributed by atoms with E-state index in [0.29, 0.717) is 25.9 Å². The van der Waals surface area contributed by atoms with Crippen molar-refractivity contribution < 1.29 is 13.9 Å². The lowest BCUT2D eigenvalue weighted by atomic mass is 10.1. The van der Waals surface area contributed by atoms with E-state index in [1.165, 1.54) is 0 Å². The van der Waals surface area contributed by atoms with Crippen LogP contribution in [0.2, 0.25) is 0 Å². The second kappa shape index (κ2) is 4.15. The Hall–Kier alpha value is -0.800. The molecular weight excluding hydrogens is 185 g/mol. The van der Waals surface area contributed by atoms with Crippen molar-refractivity contribution in [2.45, 2.75) is 45.4 Å². The van der Waals surface area contributed by atoms with E-state index in [2.05, 4.69) is 0 Å². The van der Waals surface area contributed by atoms with Crippen LogP contribution in [-0.2, 0) is 4.74 Å². The number of alkyl halides is 1. The number of nitrogens with zero attached hydrogens (tertiary/aromatic N) is 1. The largest absolute Gasteiger partial charge is 0.444 e. The summed E-state index contributed by atoms with van der Waals surface area (Å²) < 4.78 is 18.0. The van der Waals surface area contributed by atoms with Crippen LogP contribution in [0.1, 0.15) is 33.6 Å². The van der Waals surface area contributed by atoms with Crippen molar-refractivity contribution in [2.24, 2.45) is 0 Å². The minimum atomic E-state index is -0.756. The smallest absolute Gasteiger partial charge is 0.410 e. The zero-order valence-electron chi connectivity index (χ0n) is 9.05. The first-order chi connectivity index (χ1) is 6.38. The van der Waals surface area contributed by atoms with E-state index in [1.807, 2.05) is 20.8 Å². The number of likely N-dealkylation sites (tertiary alicyclic amines) is 1. The maximum absolute atomic E-state index is 12.8. The SMILES string of the molecule is CC(C)(C)OC(=O)N1CCC(F)CC1. The lowest BCUT2D eigenvalue weighted by Gasteiger charge is -2.31. The van der Waals surface area contributed by atoms with E-state index in [1.54, 1.807) is 4.90 Å². The highest BCUT2D eigenvalue weighted by molar-refractivity contribution is 5.68. The monoisotopic (exact) mass is 203 g/mol. The van der Waals surface area contributed by atoms with Gasteiger partial charge in [0, 0.05) is 13.1 Å². The summed E-state index contributed by atoms with van der Waals surface area (Å²) in [5.74, 6) is 0. The molecule has 1 heterocycles. The van der Waals surface area contributed by atoms with E-state index in [-0.39, 0.29) is 6.09 Å². The Morgan fingerprint density at radius 1 is 1.36 bits per heavy atom. The van der Waals surface area contributed by atoms with Crippen LogP contribution < -0.4 is 0 Å². The zero-order chi connectivity index (χ0) is 10.8. The molecule has 1 amide bonds. The minimum absolute atomic E-state index is 0.329. The molecule has 0 N–H and O–H groups in total. The fraction of sp³-hybridized carbons (Fsp3) is 0.900. The fourth-order valence-electron chi connectivity index (χ4n) is 1.36. The predicted octanol–water partition coefficient (Wildman–Crippen LogP) is 2.36. The van der Waals surface area contributed by atoms with E-state index in [4.69, 9.17) is 4.74 Å². The summed E-state index contributed by atoms with van der Waals surface area (Å²) in [5, 5.41) is 0. The Morgan fingerprint density at radius 3 is 2.29 bits per heavy atom. The molecule has 1 aliphatic heterocycles. The van der Waals surface area contributed by atoms with Crippen molar-refractivity contribution >= 4 is 6.09 Å². The van der Waals surface area contributed by atoms with E-state index in [9.17, 15) is 9.18 Å². The first kappa shape index (κ1) is 11.3. The fourth-order valence-corrected chi connectivity index (χ4v) is 1.36. The van der Waals surface area contributed by atoms with Crippen LogP contribution in [0.5, 0.6) is 0 Å².